The van der Waals surface area contributed by atoms with Crippen LogP contribution < -0.4 is 5.73 Å². The topological polar surface area (TPSA) is 56.7 Å². The predicted octanol–water partition coefficient (Wildman–Crippen LogP) is 2.79. The summed E-state index contributed by atoms with van der Waals surface area (Å²) in [5.74, 6) is 3.30. The summed E-state index contributed by atoms with van der Waals surface area (Å²) in [4.78, 5) is 0. The molecule has 1 aromatic rings. The van der Waals surface area contributed by atoms with E-state index in [1.165, 1.54) is 12.8 Å². The molecule has 3 atom stereocenters. The molecular weight excluding hydrogens is 224 g/mol. The highest BCUT2D eigenvalue weighted by molar-refractivity contribution is 5.02. The van der Waals surface area contributed by atoms with Gasteiger partial charge in [-0.25, -0.2) is 0 Å². The molecule has 1 fully saturated rings. The second-order valence-corrected chi connectivity index (χ2v) is 6.20. The number of rotatable bonds is 2. The molecule has 18 heavy (non-hydrogen) atoms. The largest absolute Gasteiger partial charge is 0.328 e. The summed E-state index contributed by atoms with van der Waals surface area (Å²) in [6, 6.07) is 0.798. The zero-order valence-electron chi connectivity index (χ0n) is 12.1. The fourth-order valence-corrected chi connectivity index (χ4v) is 3.09. The van der Waals surface area contributed by atoms with Crippen LogP contribution in [0.15, 0.2) is 0 Å². The first-order chi connectivity index (χ1) is 8.49. The lowest BCUT2D eigenvalue weighted by atomic mass is 9.99. The van der Waals surface area contributed by atoms with Crippen LogP contribution in [0.3, 0.4) is 0 Å². The molecule has 0 bridgehead atoms. The van der Waals surface area contributed by atoms with E-state index in [9.17, 15) is 0 Å². The highest BCUT2D eigenvalue weighted by atomic mass is 15.3. The summed E-state index contributed by atoms with van der Waals surface area (Å²) in [6.45, 7) is 8.75. The zero-order valence-corrected chi connectivity index (χ0v) is 12.1. The van der Waals surface area contributed by atoms with Gasteiger partial charge in [-0.1, -0.05) is 20.8 Å². The lowest BCUT2D eigenvalue weighted by Gasteiger charge is -2.24. The molecule has 1 saturated carbocycles. The maximum Gasteiger partial charge on any atom is 0.135 e. The number of hydrogen-bond acceptors (Lipinski definition) is 3. The normalized spacial score (nSPS) is 29.6. The van der Waals surface area contributed by atoms with Crippen molar-refractivity contribution in [3.63, 3.8) is 0 Å². The molecule has 4 nitrogen and oxygen atoms in total. The van der Waals surface area contributed by atoms with Gasteiger partial charge >= 0.3 is 0 Å². The Kier molecular flexibility index (Phi) is 4.05. The Bertz CT molecular complexity index is 384. The molecule has 4 heteroatoms. The molecule has 1 aliphatic rings. The van der Waals surface area contributed by atoms with Gasteiger partial charge in [0.15, 0.2) is 0 Å². The first-order valence-electron chi connectivity index (χ1n) is 7.16. The number of aryl methyl sites for hydroxylation is 1. The van der Waals surface area contributed by atoms with Crippen molar-refractivity contribution < 1.29 is 0 Å². The fraction of sp³-hybridized carbons (Fsp3) is 0.857. The lowest BCUT2D eigenvalue weighted by molar-refractivity contribution is 0.364. The van der Waals surface area contributed by atoms with Crippen LogP contribution in [0.25, 0.3) is 0 Å². The van der Waals surface area contributed by atoms with Crippen LogP contribution in [0, 0.1) is 12.8 Å². The quantitative estimate of drug-likeness (QED) is 0.821. The van der Waals surface area contributed by atoms with Gasteiger partial charge in [-0.2, -0.15) is 0 Å². The summed E-state index contributed by atoms with van der Waals surface area (Å²) in [5.41, 5.74) is 6.22. The predicted molar refractivity (Wildman–Crippen MR) is 73.5 cm³/mol. The number of nitrogens with zero attached hydrogens (tertiary/aromatic N) is 3. The summed E-state index contributed by atoms with van der Waals surface area (Å²) in [7, 11) is 0. The molecule has 0 spiro atoms. The van der Waals surface area contributed by atoms with Crippen molar-refractivity contribution >= 4 is 0 Å². The molecule has 0 aliphatic heterocycles. The molecule has 0 radical (unpaired) electrons. The summed E-state index contributed by atoms with van der Waals surface area (Å²) in [5, 5.41) is 8.61. The summed E-state index contributed by atoms with van der Waals surface area (Å²) >= 11 is 0. The van der Waals surface area contributed by atoms with Gasteiger partial charge in [0.2, 0.25) is 0 Å². The van der Waals surface area contributed by atoms with Crippen molar-refractivity contribution in [2.45, 2.75) is 71.4 Å². The lowest BCUT2D eigenvalue weighted by Crippen LogP contribution is -2.24. The molecule has 102 valence electrons. The van der Waals surface area contributed by atoms with Crippen molar-refractivity contribution in [1.82, 2.24) is 14.8 Å². The van der Waals surface area contributed by atoms with Crippen LogP contribution >= 0.6 is 0 Å². The van der Waals surface area contributed by atoms with Crippen LogP contribution in [0.2, 0.25) is 0 Å². The van der Waals surface area contributed by atoms with E-state index < -0.39 is 0 Å². The van der Waals surface area contributed by atoms with Gasteiger partial charge in [-0.3, -0.25) is 0 Å². The number of nitrogens with two attached hydrogens (primary N) is 1. The third-order valence-electron chi connectivity index (χ3n) is 4.05. The Morgan fingerprint density at radius 1 is 1.22 bits per heavy atom. The molecule has 2 rings (SSSR count). The maximum absolute atomic E-state index is 6.22. The summed E-state index contributed by atoms with van der Waals surface area (Å²) < 4.78 is 2.34. The molecule has 1 aromatic heterocycles. The molecule has 1 heterocycles. The van der Waals surface area contributed by atoms with Gasteiger partial charge < -0.3 is 10.3 Å². The van der Waals surface area contributed by atoms with Crippen molar-refractivity contribution in [2.24, 2.45) is 11.7 Å². The van der Waals surface area contributed by atoms with Gasteiger partial charge in [0.1, 0.15) is 11.6 Å². The zero-order chi connectivity index (χ0) is 13.3. The second-order valence-electron chi connectivity index (χ2n) is 6.20. The van der Waals surface area contributed by atoms with Gasteiger partial charge in [-0.15, -0.1) is 10.2 Å². The molecule has 0 saturated heterocycles. The Morgan fingerprint density at radius 3 is 2.61 bits per heavy atom. The van der Waals surface area contributed by atoms with Gasteiger partial charge in [0.25, 0.3) is 0 Å². The standard InChI is InChI=1S/C14H26N4/c1-9(2)14-17-16-11(4)18(14)13-7-10(3)5-6-12(15)8-13/h9-10,12-13H,5-8,15H2,1-4H3. The first kappa shape index (κ1) is 13.5. The third-order valence-corrected chi connectivity index (χ3v) is 4.05. The molecule has 0 aromatic carbocycles. The monoisotopic (exact) mass is 250 g/mol. The van der Waals surface area contributed by atoms with E-state index in [0.29, 0.717) is 18.0 Å². The first-order valence-corrected chi connectivity index (χ1v) is 7.16. The van der Waals surface area contributed by atoms with E-state index in [4.69, 9.17) is 5.73 Å². The fourth-order valence-electron chi connectivity index (χ4n) is 3.09. The van der Waals surface area contributed by atoms with E-state index in [1.54, 1.807) is 0 Å². The van der Waals surface area contributed by atoms with Crippen LogP contribution in [-0.4, -0.2) is 20.8 Å². The second kappa shape index (κ2) is 5.39. The molecule has 2 N–H and O–H groups in total. The van der Waals surface area contributed by atoms with E-state index in [1.807, 2.05) is 0 Å². The van der Waals surface area contributed by atoms with E-state index in [-0.39, 0.29) is 0 Å². The Labute approximate surface area is 110 Å². The third kappa shape index (κ3) is 2.74. The van der Waals surface area contributed by atoms with Crippen molar-refractivity contribution in [1.29, 1.82) is 0 Å². The number of hydrogen-bond donors (Lipinski definition) is 1. The Hall–Kier alpha value is -0.900. The average Bonchev–Trinajstić information content (AvgIpc) is 2.59. The number of aromatic nitrogens is 3. The highest BCUT2D eigenvalue weighted by Crippen LogP contribution is 2.33. The van der Waals surface area contributed by atoms with E-state index in [2.05, 4.69) is 42.5 Å². The smallest absolute Gasteiger partial charge is 0.135 e. The van der Waals surface area contributed by atoms with Crippen molar-refractivity contribution in [3.05, 3.63) is 11.6 Å². The minimum atomic E-state index is 0.321. The summed E-state index contributed by atoms with van der Waals surface area (Å²) in [6.07, 6.45) is 4.65. The maximum atomic E-state index is 6.22. The highest BCUT2D eigenvalue weighted by Gasteiger charge is 2.26. The van der Waals surface area contributed by atoms with Crippen molar-refractivity contribution in [2.75, 3.05) is 0 Å². The van der Waals surface area contributed by atoms with Gasteiger partial charge in [0, 0.05) is 18.0 Å². The minimum absolute atomic E-state index is 0.321. The SMILES string of the molecule is Cc1nnc(C(C)C)n1C1CC(C)CCC(N)C1. The van der Waals surface area contributed by atoms with E-state index in [0.717, 1.165) is 30.4 Å². The van der Waals surface area contributed by atoms with Gasteiger partial charge in [0.05, 0.1) is 0 Å². The van der Waals surface area contributed by atoms with Crippen LogP contribution in [0.4, 0.5) is 0 Å². The molecular formula is C14H26N4. The van der Waals surface area contributed by atoms with Crippen LogP contribution in [0.5, 0.6) is 0 Å². The Balaban J connectivity index is 2.31. The molecule has 0 amide bonds. The average molecular weight is 250 g/mol. The van der Waals surface area contributed by atoms with Crippen LogP contribution in [-0.2, 0) is 0 Å². The minimum Gasteiger partial charge on any atom is -0.328 e. The Morgan fingerprint density at radius 2 is 1.94 bits per heavy atom. The van der Waals surface area contributed by atoms with E-state index >= 15 is 0 Å². The molecule has 3 unspecified atom stereocenters. The van der Waals surface area contributed by atoms with Crippen LogP contribution in [0.1, 0.15) is 70.1 Å². The van der Waals surface area contributed by atoms with Gasteiger partial charge in [-0.05, 0) is 38.5 Å². The molecule has 1 aliphatic carbocycles. The van der Waals surface area contributed by atoms with Crippen molar-refractivity contribution in [3.8, 4) is 0 Å².